The second kappa shape index (κ2) is 6.20. The molecule has 0 amide bonds. The van der Waals surface area contributed by atoms with Crippen molar-refractivity contribution in [2.45, 2.75) is 6.92 Å². The third-order valence-electron chi connectivity index (χ3n) is 2.06. The summed E-state index contributed by atoms with van der Waals surface area (Å²) in [6.07, 6.45) is 0. The van der Waals surface area contributed by atoms with Gasteiger partial charge in [-0.1, -0.05) is 12.0 Å². The Balaban J connectivity index is 2.97. The van der Waals surface area contributed by atoms with Gasteiger partial charge in [0.05, 0.1) is 10.5 Å². The Morgan fingerprint density at radius 3 is 2.88 bits per heavy atom. The number of hydrogen-bond acceptors (Lipinski definition) is 4. The van der Waals surface area contributed by atoms with Crippen molar-refractivity contribution in [1.82, 2.24) is 0 Å². The zero-order valence-electron chi connectivity index (χ0n) is 8.90. The fraction of sp³-hybridized carbons (Fsp3) is 0.182. The van der Waals surface area contributed by atoms with Crippen molar-refractivity contribution in [1.29, 1.82) is 0 Å². The van der Waals surface area contributed by atoms with E-state index in [-0.39, 0.29) is 17.9 Å². The van der Waals surface area contributed by atoms with Crippen LogP contribution in [0.15, 0.2) is 18.2 Å². The molecule has 1 aromatic carbocycles. The molecule has 0 radical (unpaired) electrons. The van der Waals surface area contributed by atoms with E-state index in [9.17, 15) is 14.9 Å². The lowest BCUT2D eigenvalue weighted by Gasteiger charge is -2.04. The quantitative estimate of drug-likeness (QED) is 0.277. The van der Waals surface area contributed by atoms with E-state index in [1.54, 1.807) is 0 Å². The molecule has 1 rings (SSSR count). The molecule has 88 valence electrons. The number of nitro benzene ring substituents is 1. The highest BCUT2D eigenvalue weighted by Gasteiger charge is 2.18. The maximum absolute atomic E-state index is 11.6. The minimum Gasteiger partial charge on any atom is -0.449 e. The molecule has 0 unspecified atom stereocenters. The minimum absolute atomic E-state index is 0.0239. The van der Waals surface area contributed by atoms with E-state index in [1.165, 1.54) is 25.1 Å². The Bertz CT molecular complexity index is 516. The zero-order chi connectivity index (χ0) is 12.8. The van der Waals surface area contributed by atoms with Crippen molar-refractivity contribution in [3.8, 4) is 9.85 Å². The summed E-state index contributed by atoms with van der Waals surface area (Å²) in [6, 6.07) is 4.28. The van der Waals surface area contributed by atoms with Gasteiger partial charge in [-0.15, -0.1) is 0 Å². The summed E-state index contributed by atoms with van der Waals surface area (Å²) in [5, 5.41) is 10.7. The lowest BCUT2D eigenvalue weighted by atomic mass is 10.1. The lowest BCUT2D eigenvalue weighted by molar-refractivity contribution is -0.385. The molecule has 0 aromatic heterocycles. The monoisotopic (exact) mass is 345 g/mol. The van der Waals surface area contributed by atoms with Crippen molar-refractivity contribution in [3.05, 3.63) is 39.4 Å². The molecule has 5 nitrogen and oxygen atoms in total. The number of carbonyl (C=O) groups excluding carboxylic acids is 1. The third-order valence-corrected chi connectivity index (χ3v) is 2.45. The SMILES string of the molecule is Cc1c(C(=O)OCC#CI)cccc1[N+](=O)[O-]. The van der Waals surface area contributed by atoms with E-state index in [4.69, 9.17) is 4.74 Å². The molecule has 0 N–H and O–H groups in total. The fourth-order valence-electron chi connectivity index (χ4n) is 1.25. The molecular weight excluding hydrogens is 337 g/mol. The molecule has 0 aliphatic heterocycles. The van der Waals surface area contributed by atoms with Crippen LogP contribution in [0, 0.1) is 26.9 Å². The third kappa shape index (κ3) is 3.42. The van der Waals surface area contributed by atoms with Gasteiger partial charge in [0.25, 0.3) is 5.69 Å². The van der Waals surface area contributed by atoms with Crippen LogP contribution in [0.2, 0.25) is 0 Å². The van der Waals surface area contributed by atoms with E-state index in [0.717, 1.165) is 0 Å². The van der Waals surface area contributed by atoms with Crippen molar-refractivity contribution < 1.29 is 14.5 Å². The summed E-state index contributed by atoms with van der Waals surface area (Å²) >= 11 is 1.83. The normalized spacial score (nSPS) is 9.06. The van der Waals surface area contributed by atoms with E-state index < -0.39 is 10.9 Å². The standard InChI is InChI=1S/C11H8INO4/c1-8-9(11(14)17-7-3-6-12)4-2-5-10(8)13(15)16/h2,4-5H,7H2,1H3. The first-order valence-corrected chi connectivity index (χ1v) is 5.65. The predicted molar refractivity (Wildman–Crippen MR) is 69.9 cm³/mol. The summed E-state index contributed by atoms with van der Waals surface area (Å²) in [5.41, 5.74) is 0.388. The van der Waals surface area contributed by atoms with Crippen LogP contribution < -0.4 is 0 Å². The Morgan fingerprint density at radius 1 is 1.59 bits per heavy atom. The van der Waals surface area contributed by atoms with Crippen LogP contribution in [0.3, 0.4) is 0 Å². The van der Waals surface area contributed by atoms with E-state index in [0.29, 0.717) is 5.56 Å². The summed E-state index contributed by atoms with van der Waals surface area (Å²) in [7, 11) is 0. The van der Waals surface area contributed by atoms with Crippen LogP contribution in [0.25, 0.3) is 0 Å². The Kier molecular flexibility index (Phi) is 4.90. The Morgan fingerprint density at radius 2 is 2.29 bits per heavy atom. The highest BCUT2D eigenvalue weighted by Crippen LogP contribution is 2.21. The summed E-state index contributed by atoms with van der Waals surface area (Å²) in [5.74, 6) is 1.96. The topological polar surface area (TPSA) is 69.4 Å². The van der Waals surface area contributed by atoms with Gasteiger partial charge in [0.15, 0.2) is 6.61 Å². The lowest BCUT2D eigenvalue weighted by Crippen LogP contribution is -2.08. The molecule has 0 saturated heterocycles. The van der Waals surface area contributed by atoms with Gasteiger partial charge < -0.3 is 4.74 Å². The minimum atomic E-state index is -0.606. The highest BCUT2D eigenvalue weighted by molar-refractivity contribution is 14.1. The fourth-order valence-corrected chi connectivity index (χ4v) is 1.40. The number of benzene rings is 1. The first-order chi connectivity index (χ1) is 8.07. The van der Waals surface area contributed by atoms with Crippen LogP contribution in [0.5, 0.6) is 0 Å². The molecule has 0 saturated carbocycles. The van der Waals surface area contributed by atoms with Crippen molar-refractivity contribution >= 4 is 34.2 Å². The van der Waals surface area contributed by atoms with E-state index in [1.807, 2.05) is 22.6 Å². The molecule has 17 heavy (non-hydrogen) atoms. The first kappa shape index (κ1) is 13.4. The van der Waals surface area contributed by atoms with Crippen LogP contribution in [-0.2, 0) is 4.74 Å². The van der Waals surface area contributed by atoms with Crippen LogP contribution in [0.4, 0.5) is 5.69 Å². The maximum atomic E-state index is 11.6. The van der Waals surface area contributed by atoms with Crippen LogP contribution in [0.1, 0.15) is 15.9 Å². The molecule has 0 atom stereocenters. The number of nitrogens with zero attached hydrogens (tertiary/aromatic N) is 1. The Labute approximate surface area is 111 Å². The second-order valence-electron chi connectivity index (χ2n) is 3.05. The van der Waals surface area contributed by atoms with Crippen molar-refractivity contribution in [2.24, 2.45) is 0 Å². The first-order valence-electron chi connectivity index (χ1n) is 4.57. The maximum Gasteiger partial charge on any atom is 0.339 e. The number of nitro groups is 1. The molecule has 0 bridgehead atoms. The van der Waals surface area contributed by atoms with Crippen LogP contribution in [-0.4, -0.2) is 17.5 Å². The average Bonchev–Trinajstić information content (AvgIpc) is 2.29. The number of carbonyl (C=O) groups is 1. The van der Waals surface area contributed by atoms with Crippen molar-refractivity contribution in [2.75, 3.05) is 6.61 Å². The summed E-state index contributed by atoms with van der Waals surface area (Å²) < 4.78 is 7.40. The molecule has 0 heterocycles. The molecule has 0 fully saturated rings. The number of ether oxygens (including phenoxy) is 1. The second-order valence-corrected chi connectivity index (χ2v) is 3.59. The van der Waals surface area contributed by atoms with Gasteiger partial charge in [-0.3, -0.25) is 10.1 Å². The molecule has 1 aromatic rings. The van der Waals surface area contributed by atoms with Crippen LogP contribution >= 0.6 is 22.6 Å². The van der Waals surface area contributed by atoms with Gasteiger partial charge in [-0.05, 0) is 16.9 Å². The smallest absolute Gasteiger partial charge is 0.339 e. The summed E-state index contributed by atoms with van der Waals surface area (Å²) in [4.78, 5) is 21.8. The molecule has 6 heteroatoms. The number of rotatable bonds is 3. The number of halogens is 1. The van der Waals surface area contributed by atoms with E-state index in [2.05, 4.69) is 9.85 Å². The average molecular weight is 345 g/mol. The predicted octanol–water partition coefficient (Wildman–Crippen LogP) is 2.46. The van der Waals surface area contributed by atoms with Gasteiger partial charge in [0.1, 0.15) is 0 Å². The largest absolute Gasteiger partial charge is 0.449 e. The van der Waals surface area contributed by atoms with Crippen molar-refractivity contribution in [3.63, 3.8) is 0 Å². The number of esters is 1. The van der Waals surface area contributed by atoms with Gasteiger partial charge in [0.2, 0.25) is 0 Å². The Hall–Kier alpha value is -1.62. The van der Waals surface area contributed by atoms with Gasteiger partial charge in [-0.25, -0.2) is 4.79 Å². The molecular formula is C11H8INO4. The van der Waals surface area contributed by atoms with Gasteiger partial charge in [-0.2, -0.15) is 0 Å². The highest BCUT2D eigenvalue weighted by atomic mass is 127. The zero-order valence-corrected chi connectivity index (χ0v) is 11.1. The van der Waals surface area contributed by atoms with Gasteiger partial charge in [0, 0.05) is 34.2 Å². The summed E-state index contributed by atoms with van der Waals surface area (Å²) in [6.45, 7) is 1.49. The molecule has 0 spiro atoms. The molecule has 0 aliphatic rings. The van der Waals surface area contributed by atoms with E-state index >= 15 is 0 Å². The van der Waals surface area contributed by atoms with Gasteiger partial charge >= 0.3 is 5.97 Å². The number of hydrogen-bond donors (Lipinski definition) is 0. The molecule has 0 aliphatic carbocycles.